The van der Waals surface area contributed by atoms with Gasteiger partial charge < -0.3 is 9.88 Å². The number of hydrogen-bond acceptors (Lipinski definition) is 2. The third kappa shape index (κ3) is 1.91. The van der Waals surface area contributed by atoms with E-state index in [1.165, 1.54) is 19.3 Å². The van der Waals surface area contributed by atoms with E-state index in [4.69, 9.17) is 0 Å². The molecular formula is C11H19N3. The maximum absolute atomic E-state index is 4.45. The van der Waals surface area contributed by atoms with Crippen molar-refractivity contribution in [1.29, 1.82) is 0 Å². The first kappa shape index (κ1) is 9.56. The summed E-state index contributed by atoms with van der Waals surface area (Å²) in [5.74, 6) is 1.88. The van der Waals surface area contributed by atoms with Crippen molar-refractivity contribution in [2.45, 2.75) is 39.2 Å². The highest BCUT2D eigenvalue weighted by Crippen LogP contribution is 2.26. The summed E-state index contributed by atoms with van der Waals surface area (Å²) < 4.78 is 2.07. The monoisotopic (exact) mass is 193 g/mol. The lowest BCUT2D eigenvalue weighted by Crippen LogP contribution is -2.17. The van der Waals surface area contributed by atoms with Crippen LogP contribution in [0.4, 0.5) is 5.95 Å². The summed E-state index contributed by atoms with van der Waals surface area (Å²) in [4.78, 5) is 4.45. The molecule has 1 heterocycles. The molecule has 0 radical (unpaired) electrons. The molecule has 3 heteroatoms. The van der Waals surface area contributed by atoms with Gasteiger partial charge in [-0.05, 0) is 32.1 Å². The van der Waals surface area contributed by atoms with Crippen LogP contribution >= 0.6 is 0 Å². The fraction of sp³-hybridized carbons (Fsp3) is 0.727. The average Bonchev–Trinajstić information content (AvgIpc) is 2.61. The van der Waals surface area contributed by atoms with E-state index in [0.717, 1.165) is 17.6 Å². The zero-order valence-electron chi connectivity index (χ0n) is 9.25. The summed E-state index contributed by atoms with van der Waals surface area (Å²) in [6.45, 7) is 4.35. The Morgan fingerprint density at radius 2 is 2.29 bits per heavy atom. The molecule has 1 fully saturated rings. The van der Waals surface area contributed by atoms with E-state index in [1.807, 2.05) is 14.0 Å². The van der Waals surface area contributed by atoms with Gasteiger partial charge in [-0.2, -0.15) is 0 Å². The van der Waals surface area contributed by atoms with Crippen LogP contribution in [0.15, 0.2) is 6.20 Å². The fourth-order valence-electron chi connectivity index (χ4n) is 2.27. The Balaban J connectivity index is 2.00. The van der Waals surface area contributed by atoms with Gasteiger partial charge >= 0.3 is 0 Å². The third-order valence-electron chi connectivity index (χ3n) is 3.02. The van der Waals surface area contributed by atoms with Crippen LogP contribution in [0.2, 0.25) is 0 Å². The average molecular weight is 193 g/mol. The predicted octanol–water partition coefficient (Wildman–Crippen LogP) is 2.33. The van der Waals surface area contributed by atoms with E-state index in [1.54, 1.807) is 0 Å². The van der Waals surface area contributed by atoms with Crippen molar-refractivity contribution in [2.24, 2.45) is 13.0 Å². The third-order valence-corrected chi connectivity index (χ3v) is 3.02. The van der Waals surface area contributed by atoms with Gasteiger partial charge in [-0.25, -0.2) is 4.98 Å². The summed E-state index contributed by atoms with van der Waals surface area (Å²) >= 11 is 0. The molecule has 0 aliphatic heterocycles. The highest BCUT2D eigenvalue weighted by molar-refractivity contribution is 5.30. The zero-order chi connectivity index (χ0) is 10.1. The van der Waals surface area contributed by atoms with Crippen molar-refractivity contribution in [1.82, 2.24) is 9.55 Å². The molecule has 1 saturated carbocycles. The van der Waals surface area contributed by atoms with Crippen LogP contribution in [-0.2, 0) is 7.05 Å². The molecule has 2 unspecified atom stereocenters. The SMILES string of the molecule is Cc1cn(C)c(NC2CCC(C)C2)n1. The van der Waals surface area contributed by atoms with Crippen molar-refractivity contribution in [3.8, 4) is 0 Å². The Morgan fingerprint density at radius 3 is 2.79 bits per heavy atom. The van der Waals surface area contributed by atoms with Crippen molar-refractivity contribution in [2.75, 3.05) is 5.32 Å². The van der Waals surface area contributed by atoms with Gasteiger partial charge in [-0.1, -0.05) is 6.92 Å². The normalized spacial score (nSPS) is 26.8. The second kappa shape index (κ2) is 3.64. The van der Waals surface area contributed by atoms with Crippen LogP contribution in [0.25, 0.3) is 0 Å². The van der Waals surface area contributed by atoms with E-state index in [0.29, 0.717) is 6.04 Å². The van der Waals surface area contributed by atoms with Crippen molar-refractivity contribution < 1.29 is 0 Å². The summed E-state index contributed by atoms with van der Waals surface area (Å²) in [6, 6.07) is 0.630. The number of anilines is 1. The van der Waals surface area contributed by atoms with Gasteiger partial charge in [0.1, 0.15) is 0 Å². The molecule has 0 aromatic carbocycles. The first-order chi connectivity index (χ1) is 6.65. The molecular weight excluding hydrogens is 174 g/mol. The molecule has 2 rings (SSSR count). The summed E-state index contributed by atoms with van der Waals surface area (Å²) in [6.07, 6.45) is 5.97. The molecule has 0 amide bonds. The number of rotatable bonds is 2. The molecule has 0 saturated heterocycles. The van der Waals surface area contributed by atoms with Gasteiger partial charge in [0.05, 0.1) is 5.69 Å². The lowest BCUT2D eigenvalue weighted by Gasteiger charge is -2.12. The van der Waals surface area contributed by atoms with E-state index < -0.39 is 0 Å². The number of nitrogens with one attached hydrogen (secondary N) is 1. The molecule has 78 valence electrons. The highest BCUT2D eigenvalue weighted by Gasteiger charge is 2.21. The van der Waals surface area contributed by atoms with Crippen LogP contribution in [0.5, 0.6) is 0 Å². The Labute approximate surface area is 85.5 Å². The minimum atomic E-state index is 0.630. The van der Waals surface area contributed by atoms with Crippen LogP contribution in [-0.4, -0.2) is 15.6 Å². The molecule has 14 heavy (non-hydrogen) atoms. The molecule has 3 nitrogen and oxygen atoms in total. The zero-order valence-corrected chi connectivity index (χ0v) is 9.25. The first-order valence-electron chi connectivity index (χ1n) is 5.41. The largest absolute Gasteiger partial charge is 0.353 e. The summed E-state index contributed by atoms with van der Waals surface area (Å²) in [5.41, 5.74) is 1.08. The Hall–Kier alpha value is -0.990. The van der Waals surface area contributed by atoms with E-state index >= 15 is 0 Å². The maximum atomic E-state index is 4.45. The first-order valence-corrected chi connectivity index (χ1v) is 5.41. The van der Waals surface area contributed by atoms with Crippen molar-refractivity contribution in [3.05, 3.63) is 11.9 Å². The number of nitrogens with zero attached hydrogens (tertiary/aromatic N) is 2. The number of hydrogen-bond donors (Lipinski definition) is 1. The topological polar surface area (TPSA) is 29.9 Å². The molecule has 2 atom stereocenters. The van der Waals surface area contributed by atoms with Gasteiger partial charge in [0.25, 0.3) is 0 Å². The van der Waals surface area contributed by atoms with E-state index in [-0.39, 0.29) is 0 Å². The second-order valence-electron chi connectivity index (χ2n) is 4.58. The number of aromatic nitrogens is 2. The number of aryl methyl sites for hydroxylation is 2. The summed E-state index contributed by atoms with van der Waals surface area (Å²) in [7, 11) is 2.04. The van der Waals surface area contributed by atoms with Crippen LogP contribution in [0, 0.1) is 12.8 Å². The van der Waals surface area contributed by atoms with Crippen LogP contribution < -0.4 is 5.32 Å². The Kier molecular flexibility index (Phi) is 2.48. The summed E-state index contributed by atoms with van der Waals surface area (Å²) in [5, 5.41) is 3.51. The molecule has 1 N–H and O–H groups in total. The predicted molar refractivity (Wildman–Crippen MR) is 58.4 cm³/mol. The Morgan fingerprint density at radius 1 is 1.50 bits per heavy atom. The van der Waals surface area contributed by atoms with Gasteiger partial charge in [-0.3, -0.25) is 0 Å². The second-order valence-corrected chi connectivity index (χ2v) is 4.58. The minimum absolute atomic E-state index is 0.630. The van der Waals surface area contributed by atoms with E-state index in [2.05, 4.69) is 28.0 Å². The van der Waals surface area contributed by atoms with Gasteiger partial charge in [-0.15, -0.1) is 0 Å². The van der Waals surface area contributed by atoms with Crippen molar-refractivity contribution >= 4 is 5.95 Å². The van der Waals surface area contributed by atoms with Gasteiger partial charge in [0.2, 0.25) is 5.95 Å². The Bertz CT molecular complexity index is 316. The smallest absolute Gasteiger partial charge is 0.202 e. The number of imidazole rings is 1. The maximum Gasteiger partial charge on any atom is 0.202 e. The standard InChI is InChI=1S/C11H19N3/c1-8-4-5-10(6-8)13-11-12-9(2)7-14(11)3/h7-8,10H,4-6H2,1-3H3,(H,12,13). The molecule has 1 aromatic heterocycles. The quantitative estimate of drug-likeness (QED) is 0.781. The highest BCUT2D eigenvalue weighted by atomic mass is 15.2. The lowest BCUT2D eigenvalue weighted by atomic mass is 10.1. The van der Waals surface area contributed by atoms with Gasteiger partial charge in [0, 0.05) is 19.3 Å². The van der Waals surface area contributed by atoms with Crippen LogP contribution in [0.3, 0.4) is 0 Å². The molecule has 1 aliphatic rings. The van der Waals surface area contributed by atoms with Crippen molar-refractivity contribution in [3.63, 3.8) is 0 Å². The molecule has 0 bridgehead atoms. The van der Waals surface area contributed by atoms with Gasteiger partial charge in [0.15, 0.2) is 0 Å². The minimum Gasteiger partial charge on any atom is -0.353 e. The van der Waals surface area contributed by atoms with E-state index in [9.17, 15) is 0 Å². The molecule has 1 aromatic rings. The van der Waals surface area contributed by atoms with Crippen LogP contribution in [0.1, 0.15) is 31.9 Å². The molecule has 1 aliphatic carbocycles. The fourth-order valence-corrected chi connectivity index (χ4v) is 2.27. The lowest BCUT2D eigenvalue weighted by molar-refractivity contribution is 0.601. The molecule has 0 spiro atoms.